The number of ether oxygens (including phenoxy) is 1. The normalized spacial score (nSPS) is 18.5. The van der Waals surface area contributed by atoms with Gasteiger partial charge in [0.15, 0.2) is 0 Å². The van der Waals surface area contributed by atoms with Crippen molar-refractivity contribution in [3.05, 3.63) is 65.0 Å². The minimum Gasteiger partial charge on any atom is -0.444 e. The third kappa shape index (κ3) is 6.52. The van der Waals surface area contributed by atoms with Gasteiger partial charge in [0, 0.05) is 18.7 Å². The molecular formula is C24H30FN3O3. The average Bonchev–Trinajstić information content (AvgIpc) is 2.97. The number of alkyl carbamates (subject to hydrolysis) is 1. The average molecular weight is 428 g/mol. The van der Waals surface area contributed by atoms with Crippen LogP contribution in [0.1, 0.15) is 50.4 Å². The summed E-state index contributed by atoms with van der Waals surface area (Å²) in [4.78, 5) is 16.7. The van der Waals surface area contributed by atoms with Crippen LogP contribution < -0.4 is 10.6 Å². The van der Waals surface area contributed by atoms with Crippen molar-refractivity contribution in [1.82, 2.24) is 5.32 Å². The molecule has 3 rings (SSSR count). The van der Waals surface area contributed by atoms with Gasteiger partial charge in [-0.15, -0.1) is 0 Å². The number of aliphatic hydroxyl groups is 1. The van der Waals surface area contributed by atoms with Crippen LogP contribution in [0.15, 0.2) is 47.5 Å². The Labute approximate surface area is 182 Å². The van der Waals surface area contributed by atoms with Gasteiger partial charge in [0.05, 0.1) is 18.0 Å². The highest BCUT2D eigenvalue weighted by Crippen LogP contribution is 2.33. The lowest BCUT2D eigenvalue weighted by atomic mass is 10.1. The Morgan fingerprint density at radius 1 is 1.23 bits per heavy atom. The van der Waals surface area contributed by atoms with Crippen LogP contribution in [0.25, 0.3) is 0 Å². The van der Waals surface area contributed by atoms with Gasteiger partial charge in [-0.25, -0.2) is 9.18 Å². The van der Waals surface area contributed by atoms with Gasteiger partial charge in [-0.3, -0.25) is 4.99 Å². The van der Waals surface area contributed by atoms with Crippen molar-refractivity contribution < 1.29 is 19.0 Å². The predicted octanol–water partition coefficient (Wildman–Crippen LogP) is 4.38. The van der Waals surface area contributed by atoms with Crippen LogP contribution in [0.4, 0.5) is 14.9 Å². The number of anilines is 1. The molecule has 2 aromatic rings. The fourth-order valence-corrected chi connectivity index (χ4v) is 3.56. The predicted molar refractivity (Wildman–Crippen MR) is 120 cm³/mol. The number of aliphatic imine (C=N–C) groups is 1. The molecule has 0 bridgehead atoms. The Morgan fingerprint density at radius 3 is 2.61 bits per heavy atom. The van der Waals surface area contributed by atoms with Crippen LogP contribution in [-0.4, -0.2) is 35.3 Å². The maximum absolute atomic E-state index is 13.0. The number of halogens is 1. The summed E-state index contributed by atoms with van der Waals surface area (Å²) >= 11 is 0. The van der Waals surface area contributed by atoms with Crippen molar-refractivity contribution in [3.63, 3.8) is 0 Å². The monoisotopic (exact) mass is 427 g/mol. The molecule has 7 heteroatoms. The summed E-state index contributed by atoms with van der Waals surface area (Å²) in [6.45, 7) is 7.85. The molecule has 2 atom stereocenters. The van der Waals surface area contributed by atoms with Gasteiger partial charge >= 0.3 is 6.09 Å². The lowest BCUT2D eigenvalue weighted by Crippen LogP contribution is -2.38. The van der Waals surface area contributed by atoms with Crippen LogP contribution in [-0.2, 0) is 17.6 Å². The van der Waals surface area contributed by atoms with Gasteiger partial charge in [-0.1, -0.05) is 18.2 Å². The van der Waals surface area contributed by atoms with Gasteiger partial charge < -0.3 is 20.5 Å². The molecule has 0 saturated carbocycles. The first kappa shape index (κ1) is 22.7. The van der Waals surface area contributed by atoms with Gasteiger partial charge in [0.2, 0.25) is 0 Å². The van der Waals surface area contributed by atoms with E-state index in [-0.39, 0.29) is 5.82 Å². The molecule has 0 saturated heterocycles. The molecule has 1 amide bonds. The maximum atomic E-state index is 13.0. The summed E-state index contributed by atoms with van der Waals surface area (Å²) in [6.07, 6.45) is -0.0668. The number of fused-ring (bicyclic) bond motifs is 1. The summed E-state index contributed by atoms with van der Waals surface area (Å²) in [6, 6.07) is 11.7. The number of amidine groups is 1. The molecule has 3 N–H and O–H groups in total. The molecule has 2 aromatic carbocycles. The van der Waals surface area contributed by atoms with Crippen molar-refractivity contribution in [3.8, 4) is 0 Å². The second-order valence-corrected chi connectivity index (χ2v) is 8.78. The van der Waals surface area contributed by atoms with Crippen LogP contribution in [0.3, 0.4) is 0 Å². The Bertz CT molecular complexity index is 952. The number of carbonyl (C=O) groups excluding carboxylic acids is 1. The number of nitrogens with one attached hydrogen (secondary N) is 2. The molecule has 166 valence electrons. The number of aliphatic hydroxyl groups excluding tert-OH is 1. The van der Waals surface area contributed by atoms with Crippen molar-refractivity contribution >= 4 is 17.6 Å². The summed E-state index contributed by atoms with van der Waals surface area (Å²) in [7, 11) is 0. The molecule has 0 fully saturated rings. The van der Waals surface area contributed by atoms with Gasteiger partial charge in [0.1, 0.15) is 11.4 Å². The molecule has 0 heterocycles. The molecular weight excluding hydrogens is 397 g/mol. The SMILES string of the molecule is CC(=NCCc1ccc(F)cc1)Nc1ccc2c(c1)C(NC(=O)OC(C)(C)C)[C@H](O)C2. The Hall–Kier alpha value is -2.93. The first-order valence-corrected chi connectivity index (χ1v) is 10.4. The maximum Gasteiger partial charge on any atom is 0.408 e. The van der Waals surface area contributed by atoms with E-state index in [1.54, 1.807) is 32.9 Å². The number of benzene rings is 2. The van der Waals surface area contributed by atoms with E-state index in [0.29, 0.717) is 13.0 Å². The zero-order chi connectivity index (χ0) is 22.6. The lowest BCUT2D eigenvalue weighted by Gasteiger charge is -2.23. The third-order valence-electron chi connectivity index (χ3n) is 4.95. The Balaban J connectivity index is 1.62. The number of nitrogens with zero attached hydrogens (tertiary/aromatic N) is 1. The summed E-state index contributed by atoms with van der Waals surface area (Å²) in [5, 5.41) is 16.5. The van der Waals surface area contributed by atoms with Gasteiger partial charge in [-0.2, -0.15) is 0 Å². The first-order valence-electron chi connectivity index (χ1n) is 10.4. The van der Waals surface area contributed by atoms with Crippen molar-refractivity contribution in [2.45, 2.75) is 58.3 Å². The zero-order valence-electron chi connectivity index (χ0n) is 18.4. The van der Waals surface area contributed by atoms with E-state index in [0.717, 1.165) is 34.6 Å². The topological polar surface area (TPSA) is 83.0 Å². The van der Waals surface area contributed by atoms with Gasteiger partial charge in [0.25, 0.3) is 0 Å². The van der Waals surface area contributed by atoms with Crippen LogP contribution in [0, 0.1) is 5.82 Å². The molecule has 31 heavy (non-hydrogen) atoms. The third-order valence-corrected chi connectivity index (χ3v) is 4.95. The Morgan fingerprint density at radius 2 is 1.94 bits per heavy atom. The van der Waals surface area contributed by atoms with Crippen LogP contribution >= 0.6 is 0 Å². The van der Waals surface area contributed by atoms with Crippen LogP contribution in [0.2, 0.25) is 0 Å². The quantitative estimate of drug-likeness (QED) is 0.488. The largest absolute Gasteiger partial charge is 0.444 e. The number of amides is 1. The van der Waals surface area contributed by atoms with E-state index in [1.165, 1.54) is 12.1 Å². The molecule has 1 aliphatic carbocycles. The fourth-order valence-electron chi connectivity index (χ4n) is 3.56. The van der Waals surface area contributed by atoms with Crippen molar-refractivity contribution in [1.29, 1.82) is 0 Å². The molecule has 0 aliphatic heterocycles. The standard InChI is InChI=1S/C24H30FN3O3/c1-15(26-12-11-16-5-8-18(25)9-6-16)27-19-10-7-17-13-21(29)22(20(17)14-19)28-23(30)31-24(2,3)4/h5-10,14,21-22,29H,11-13H2,1-4H3,(H,26,27)(H,28,30)/t21-,22?/m1/s1. The van der Waals surface area contributed by atoms with E-state index < -0.39 is 23.8 Å². The van der Waals surface area contributed by atoms with E-state index >= 15 is 0 Å². The van der Waals surface area contributed by atoms with E-state index in [9.17, 15) is 14.3 Å². The minimum atomic E-state index is -0.705. The fraction of sp³-hybridized carbons (Fsp3) is 0.417. The molecule has 6 nitrogen and oxygen atoms in total. The van der Waals surface area contributed by atoms with E-state index in [2.05, 4.69) is 15.6 Å². The smallest absolute Gasteiger partial charge is 0.408 e. The number of hydrogen-bond donors (Lipinski definition) is 3. The summed E-state index contributed by atoms with van der Waals surface area (Å²) < 4.78 is 18.3. The molecule has 1 unspecified atom stereocenters. The van der Waals surface area contributed by atoms with Crippen molar-refractivity contribution in [2.75, 3.05) is 11.9 Å². The van der Waals surface area contributed by atoms with E-state index in [4.69, 9.17) is 4.74 Å². The zero-order valence-corrected chi connectivity index (χ0v) is 18.4. The van der Waals surface area contributed by atoms with Gasteiger partial charge in [-0.05, 0) is 75.1 Å². The summed E-state index contributed by atoms with van der Waals surface area (Å²) in [5.74, 6) is 0.503. The number of rotatable bonds is 5. The molecule has 1 aliphatic rings. The van der Waals surface area contributed by atoms with Crippen molar-refractivity contribution in [2.24, 2.45) is 4.99 Å². The first-order chi connectivity index (χ1) is 14.6. The molecule has 0 aromatic heterocycles. The minimum absolute atomic E-state index is 0.244. The highest BCUT2D eigenvalue weighted by molar-refractivity contribution is 5.93. The lowest BCUT2D eigenvalue weighted by molar-refractivity contribution is 0.0438. The highest BCUT2D eigenvalue weighted by atomic mass is 19.1. The summed E-state index contributed by atoms with van der Waals surface area (Å²) in [5.41, 5.74) is 3.10. The number of carbonyl (C=O) groups is 1. The van der Waals surface area contributed by atoms with Crippen LogP contribution in [0.5, 0.6) is 0 Å². The highest BCUT2D eigenvalue weighted by Gasteiger charge is 2.33. The second-order valence-electron chi connectivity index (χ2n) is 8.78. The van der Waals surface area contributed by atoms with E-state index in [1.807, 2.05) is 25.1 Å². The second kappa shape index (κ2) is 9.47. The molecule has 0 radical (unpaired) electrons. The molecule has 0 spiro atoms. The number of hydrogen-bond acceptors (Lipinski definition) is 4. The Kier molecular flexibility index (Phi) is 6.95.